The summed E-state index contributed by atoms with van der Waals surface area (Å²) in [6.45, 7) is 6.57. The lowest BCUT2D eigenvalue weighted by molar-refractivity contribution is -0.113. The monoisotopic (exact) mass is 512 g/mol. The number of ether oxygens (including phenoxy) is 1. The molecule has 1 amide bonds. The second-order valence-electron chi connectivity index (χ2n) is 9.68. The van der Waals surface area contributed by atoms with Gasteiger partial charge in [-0.05, 0) is 53.4 Å². The Morgan fingerprint density at radius 3 is 2.49 bits per heavy atom. The molecule has 9 heteroatoms. The number of fused-ring (bicyclic) bond motifs is 1. The number of amides is 1. The van der Waals surface area contributed by atoms with Crippen LogP contribution < -0.4 is 10.1 Å². The SMILES string of the molecule is COc1ccc(-n2c(SCC(=O)Nc3ccc4cn[nH]c4c3)nnc2-c2ccc(C(C)(C)C)cc2)cc1. The summed E-state index contributed by atoms with van der Waals surface area (Å²) >= 11 is 1.33. The van der Waals surface area contributed by atoms with Gasteiger partial charge in [0, 0.05) is 22.3 Å². The minimum atomic E-state index is -0.135. The molecule has 0 fully saturated rings. The highest BCUT2D eigenvalue weighted by molar-refractivity contribution is 7.99. The zero-order valence-corrected chi connectivity index (χ0v) is 22.0. The molecular formula is C28H28N6O2S. The van der Waals surface area contributed by atoms with Crippen LogP contribution in [0.25, 0.3) is 28.0 Å². The molecule has 0 atom stereocenters. The zero-order valence-electron chi connectivity index (χ0n) is 21.1. The van der Waals surface area contributed by atoms with Crippen LogP contribution in [0.15, 0.2) is 78.1 Å². The Balaban J connectivity index is 1.41. The van der Waals surface area contributed by atoms with Crippen molar-refractivity contribution in [3.63, 3.8) is 0 Å². The van der Waals surface area contributed by atoms with Gasteiger partial charge in [-0.3, -0.25) is 14.5 Å². The molecule has 8 nitrogen and oxygen atoms in total. The average Bonchev–Trinajstić information content (AvgIpc) is 3.54. The molecule has 0 spiro atoms. The maximum atomic E-state index is 12.8. The average molecular weight is 513 g/mol. The number of rotatable bonds is 7. The van der Waals surface area contributed by atoms with E-state index >= 15 is 0 Å². The summed E-state index contributed by atoms with van der Waals surface area (Å²) in [5, 5.41) is 20.5. The Labute approximate surface area is 219 Å². The Hall–Kier alpha value is -4.11. The number of carbonyl (C=O) groups is 1. The van der Waals surface area contributed by atoms with E-state index in [0.29, 0.717) is 16.7 Å². The van der Waals surface area contributed by atoms with Crippen LogP contribution >= 0.6 is 11.8 Å². The van der Waals surface area contributed by atoms with Crippen molar-refractivity contribution in [2.75, 3.05) is 18.2 Å². The zero-order chi connectivity index (χ0) is 26.0. The third kappa shape index (κ3) is 5.36. The van der Waals surface area contributed by atoms with E-state index in [-0.39, 0.29) is 17.1 Å². The van der Waals surface area contributed by atoms with Gasteiger partial charge < -0.3 is 10.1 Å². The summed E-state index contributed by atoms with van der Waals surface area (Å²) in [6.07, 6.45) is 1.75. The van der Waals surface area contributed by atoms with Crippen LogP contribution in [0.5, 0.6) is 5.75 Å². The van der Waals surface area contributed by atoms with Crippen LogP contribution in [-0.4, -0.2) is 43.7 Å². The first-order valence-electron chi connectivity index (χ1n) is 11.9. The second kappa shape index (κ2) is 10.1. The molecule has 0 aliphatic carbocycles. The molecule has 2 N–H and O–H groups in total. The van der Waals surface area contributed by atoms with Gasteiger partial charge in [0.2, 0.25) is 5.91 Å². The molecule has 2 heterocycles. The number of thioether (sulfide) groups is 1. The van der Waals surface area contributed by atoms with Crippen molar-refractivity contribution < 1.29 is 9.53 Å². The number of H-pyrrole nitrogens is 1. The topological polar surface area (TPSA) is 97.7 Å². The summed E-state index contributed by atoms with van der Waals surface area (Å²) in [4.78, 5) is 12.8. The number of nitrogens with one attached hydrogen (secondary N) is 2. The van der Waals surface area contributed by atoms with Crippen LogP contribution in [0.2, 0.25) is 0 Å². The van der Waals surface area contributed by atoms with Crippen LogP contribution in [0, 0.1) is 0 Å². The largest absolute Gasteiger partial charge is 0.497 e. The van der Waals surface area contributed by atoms with Crippen LogP contribution in [0.3, 0.4) is 0 Å². The van der Waals surface area contributed by atoms with Gasteiger partial charge in [-0.1, -0.05) is 56.8 Å². The van der Waals surface area contributed by atoms with Crippen molar-refractivity contribution >= 4 is 34.3 Å². The van der Waals surface area contributed by atoms with Crippen molar-refractivity contribution in [2.45, 2.75) is 31.3 Å². The summed E-state index contributed by atoms with van der Waals surface area (Å²) in [7, 11) is 1.64. The van der Waals surface area contributed by atoms with E-state index in [1.54, 1.807) is 13.3 Å². The number of hydrogen-bond donors (Lipinski definition) is 2. The summed E-state index contributed by atoms with van der Waals surface area (Å²) in [6, 6.07) is 21.7. The summed E-state index contributed by atoms with van der Waals surface area (Å²) in [5.41, 5.74) is 4.70. The molecule has 0 aliphatic rings. The first-order valence-corrected chi connectivity index (χ1v) is 12.9. The molecule has 0 saturated heterocycles. The normalized spacial score (nSPS) is 11.6. The third-order valence-electron chi connectivity index (χ3n) is 6.03. The van der Waals surface area contributed by atoms with E-state index in [9.17, 15) is 4.79 Å². The van der Waals surface area contributed by atoms with E-state index in [1.165, 1.54) is 17.3 Å². The van der Waals surface area contributed by atoms with Gasteiger partial charge in [-0.2, -0.15) is 5.10 Å². The van der Waals surface area contributed by atoms with E-state index < -0.39 is 0 Å². The first kappa shape index (κ1) is 24.6. The Kier molecular flexibility index (Phi) is 6.71. The van der Waals surface area contributed by atoms with Gasteiger partial charge in [-0.25, -0.2) is 0 Å². The highest BCUT2D eigenvalue weighted by atomic mass is 32.2. The van der Waals surface area contributed by atoms with Gasteiger partial charge in [0.05, 0.1) is 24.6 Å². The minimum absolute atomic E-state index is 0.0540. The van der Waals surface area contributed by atoms with Crippen molar-refractivity contribution in [3.05, 3.63) is 78.5 Å². The summed E-state index contributed by atoms with van der Waals surface area (Å²) in [5.74, 6) is 1.51. The van der Waals surface area contributed by atoms with Crippen LogP contribution in [0.1, 0.15) is 26.3 Å². The number of aromatic nitrogens is 5. The lowest BCUT2D eigenvalue weighted by Gasteiger charge is -2.19. The first-order chi connectivity index (χ1) is 17.8. The summed E-state index contributed by atoms with van der Waals surface area (Å²) < 4.78 is 7.30. The number of hydrogen-bond acceptors (Lipinski definition) is 6. The number of carbonyl (C=O) groups excluding carboxylic acids is 1. The van der Waals surface area contributed by atoms with Gasteiger partial charge in [0.1, 0.15) is 5.75 Å². The molecule has 2 aromatic heterocycles. The number of anilines is 1. The van der Waals surface area contributed by atoms with E-state index in [1.807, 2.05) is 47.0 Å². The Morgan fingerprint density at radius 1 is 1.03 bits per heavy atom. The molecule has 0 bridgehead atoms. The van der Waals surface area contributed by atoms with Crippen LogP contribution in [-0.2, 0) is 10.2 Å². The van der Waals surface area contributed by atoms with Gasteiger partial charge in [0.15, 0.2) is 11.0 Å². The van der Waals surface area contributed by atoms with Crippen molar-refractivity contribution in [2.24, 2.45) is 0 Å². The highest BCUT2D eigenvalue weighted by Crippen LogP contribution is 2.31. The Bertz CT molecular complexity index is 1530. The van der Waals surface area contributed by atoms with Crippen molar-refractivity contribution in [1.29, 1.82) is 0 Å². The molecule has 188 valence electrons. The van der Waals surface area contributed by atoms with E-state index in [2.05, 4.69) is 70.7 Å². The molecule has 0 unspecified atom stereocenters. The lowest BCUT2D eigenvalue weighted by atomic mass is 9.87. The van der Waals surface area contributed by atoms with E-state index in [0.717, 1.165) is 27.9 Å². The molecule has 37 heavy (non-hydrogen) atoms. The van der Waals surface area contributed by atoms with Crippen molar-refractivity contribution in [3.8, 4) is 22.8 Å². The van der Waals surface area contributed by atoms with Crippen molar-refractivity contribution in [1.82, 2.24) is 25.0 Å². The fourth-order valence-electron chi connectivity index (χ4n) is 3.98. The predicted molar refractivity (Wildman–Crippen MR) is 147 cm³/mol. The number of benzene rings is 3. The van der Waals surface area contributed by atoms with Crippen LogP contribution in [0.4, 0.5) is 5.69 Å². The predicted octanol–water partition coefficient (Wildman–Crippen LogP) is 5.85. The molecule has 3 aromatic carbocycles. The van der Waals surface area contributed by atoms with Gasteiger partial charge in [0.25, 0.3) is 0 Å². The lowest BCUT2D eigenvalue weighted by Crippen LogP contribution is -2.14. The quantitative estimate of drug-likeness (QED) is 0.266. The third-order valence-corrected chi connectivity index (χ3v) is 6.96. The van der Waals surface area contributed by atoms with Gasteiger partial charge in [-0.15, -0.1) is 10.2 Å². The molecular weight excluding hydrogens is 484 g/mol. The smallest absolute Gasteiger partial charge is 0.234 e. The standard InChI is InChI=1S/C28H28N6O2S/c1-28(2,3)20-8-5-18(6-9-20)26-32-33-27(34(26)22-11-13-23(36-4)14-12-22)37-17-25(35)30-21-10-7-19-16-29-31-24(19)15-21/h5-16H,17H2,1-4H3,(H,29,31)(H,30,35). The number of aromatic amines is 1. The minimum Gasteiger partial charge on any atom is -0.497 e. The molecule has 0 radical (unpaired) electrons. The van der Waals surface area contributed by atoms with Gasteiger partial charge >= 0.3 is 0 Å². The maximum Gasteiger partial charge on any atom is 0.234 e. The second-order valence-corrected chi connectivity index (χ2v) is 10.6. The molecule has 0 aliphatic heterocycles. The highest BCUT2D eigenvalue weighted by Gasteiger charge is 2.19. The number of methoxy groups -OCH3 is 1. The molecule has 0 saturated carbocycles. The molecule has 5 aromatic rings. The maximum absolute atomic E-state index is 12.8. The Morgan fingerprint density at radius 2 is 1.78 bits per heavy atom. The van der Waals surface area contributed by atoms with E-state index in [4.69, 9.17) is 4.74 Å². The number of nitrogens with zero attached hydrogens (tertiary/aromatic N) is 4. The fourth-order valence-corrected chi connectivity index (χ4v) is 4.73. The molecule has 5 rings (SSSR count). The fraction of sp³-hybridized carbons (Fsp3) is 0.214.